The van der Waals surface area contributed by atoms with Crippen LogP contribution in [0.4, 0.5) is 5.13 Å². The van der Waals surface area contributed by atoms with Gasteiger partial charge in [-0.25, -0.2) is 4.98 Å². The molecule has 1 amide bonds. The third-order valence-electron chi connectivity index (χ3n) is 3.34. The summed E-state index contributed by atoms with van der Waals surface area (Å²) in [6, 6.07) is 3.91. The van der Waals surface area contributed by atoms with Crippen LogP contribution in [0.15, 0.2) is 27.4 Å². The van der Waals surface area contributed by atoms with Gasteiger partial charge in [0.25, 0.3) is 5.91 Å². The fourth-order valence-electron chi connectivity index (χ4n) is 1.99. The summed E-state index contributed by atoms with van der Waals surface area (Å²) < 4.78 is 5.25. The molecule has 3 aromatic heterocycles. The molecule has 134 valence electrons. The summed E-state index contributed by atoms with van der Waals surface area (Å²) in [5.74, 6) is 1.05. The number of hydrogen-bond donors (Lipinski definition) is 2. The Hall–Kier alpha value is -1.81. The summed E-state index contributed by atoms with van der Waals surface area (Å²) >= 11 is 2.77. The van der Waals surface area contributed by atoms with Crippen molar-refractivity contribution in [3.8, 4) is 0 Å². The van der Waals surface area contributed by atoms with Gasteiger partial charge in [-0.15, -0.1) is 35.1 Å². The maximum absolute atomic E-state index is 12.0. The van der Waals surface area contributed by atoms with E-state index in [1.54, 1.807) is 6.07 Å². The summed E-state index contributed by atoms with van der Waals surface area (Å²) in [4.78, 5) is 21.4. The highest BCUT2D eigenvalue weighted by atomic mass is 35.5. The summed E-state index contributed by atoms with van der Waals surface area (Å²) in [6.45, 7) is 2.05. The highest BCUT2D eigenvalue weighted by Gasteiger charge is 2.13. The van der Waals surface area contributed by atoms with Gasteiger partial charge in [0.05, 0.1) is 17.0 Å². The molecule has 0 radical (unpaired) electrons. The van der Waals surface area contributed by atoms with Gasteiger partial charge >= 0.3 is 0 Å². The lowest BCUT2D eigenvalue weighted by Gasteiger charge is -2.04. The van der Waals surface area contributed by atoms with Crippen molar-refractivity contribution in [2.75, 3.05) is 12.4 Å². The Morgan fingerprint density at radius 1 is 1.36 bits per heavy atom. The molecule has 7 nitrogen and oxygen atoms in total. The van der Waals surface area contributed by atoms with Gasteiger partial charge in [-0.3, -0.25) is 10.1 Å². The first-order valence-electron chi connectivity index (χ1n) is 7.42. The zero-order valence-corrected chi connectivity index (χ0v) is 16.1. The van der Waals surface area contributed by atoms with Crippen LogP contribution < -0.4 is 10.6 Å². The van der Waals surface area contributed by atoms with Crippen LogP contribution in [0, 0.1) is 0 Å². The van der Waals surface area contributed by atoms with Crippen LogP contribution in [-0.2, 0) is 12.8 Å². The summed E-state index contributed by atoms with van der Waals surface area (Å²) in [7, 11) is 1.90. The Balaban J connectivity index is 0.00000225. The smallest absolute Gasteiger partial charge is 0.267 e. The number of nitrogens with zero attached hydrogens (tertiary/aromatic N) is 3. The summed E-state index contributed by atoms with van der Waals surface area (Å²) in [5.41, 5.74) is 0.790. The summed E-state index contributed by atoms with van der Waals surface area (Å²) in [6.07, 6.45) is 1.16. The Morgan fingerprint density at radius 3 is 2.92 bits per heavy atom. The molecule has 0 aromatic carbocycles. The molecule has 0 aliphatic heterocycles. The minimum atomic E-state index is -0.146. The van der Waals surface area contributed by atoms with Crippen molar-refractivity contribution in [2.45, 2.75) is 25.8 Å². The van der Waals surface area contributed by atoms with E-state index < -0.39 is 0 Å². The summed E-state index contributed by atoms with van der Waals surface area (Å²) in [5, 5.41) is 14.2. The quantitative estimate of drug-likeness (QED) is 0.634. The Kier molecular flexibility index (Phi) is 7.06. The van der Waals surface area contributed by atoms with Crippen LogP contribution in [0.25, 0.3) is 0 Å². The number of carbonyl (C=O) groups is 1. The van der Waals surface area contributed by atoms with Gasteiger partial charge in [-0.2, -0.15) is 4.98 Å². The molecule has 0 aliphatic rings. The van der Waals surface area contributed by atoms with Crippen molar-refractivity contribution < 1.29 is 9.32 Å². The van der Waals surface area contributed by atoms with Gasteiger partial charge in [0.15, 0.2) is 11.0 Å². The van der Waals surface area contributed by atoms with Crippen molar-refractivity contribution in [3.05, 3.63) is 45.2 Å². The minimum Gasteiger partial charge on any atom is -0.339 e. The van der Waals surface area contributed by atoms with E-state index in [1.807, 2.05) is 23.9 Å². The standard InChI is InChI=1S/C15H17N5O2S2.ClH/c1-9(16-2)6-12-18-13(22-20-12)7-10-8-24-15(17-10)19-14(21)11-4-3-5-23-11;/h3-5,8-9,16H,6-7H2,1-2H3,(H,17,19,21);1H. The molecule has 2 N–H and O–H groups in total. The molecule has 3 aromatic rings. The fraction of sp³-hybridized carbons (Fsp3) is 0.333. The van der Waals surface area contributed by atoms with Crippen LogP contribution in [0.2, 0.25) is 0 Å². The Morgan fingerprint density at radius 2 is 2.20 bits per heavy atom. The second-order valence-corrected chi connectivity index (χ2v) is 7.06. The van der Waals surface area contributed by atoms with E-state index in [9.17, 15) is 4.79 Å². The monoisotopic (exact) mass is 399 g/mol. The molecule has 3 rings (SSSR count). The SMILES string of the molecule is CNC(C)Cc1noc(Cc2csc(NC(=O)c3cccs3)n2)n1.Cl. The number of thiazole rings is 1. The molecule has 1 atom stereocenters. The molecule has 1 unspecified atom stereocenters. The minimum absolute atomic E-state index is 0. The highest BCUT2D eigenvalue weighted by Crippen LogP contribution is 2.19. The Labute approximate surface area is 159 Å². The predicted molar refractivity (Wildman–Crippen MR) is 101 cm³/mol. The average Bonchev–Trinajstić information content (AvgIpc) is 3.30. The second kappa shape index (κ2) is 9.04. The molecule has 0 saturated heterocycles. The number of carbonyl (C=O) groups excluding carboxylic acids is 1. The van der Waals surface area contributed by atoms with Gasteiger partial charge in [0.1, 0.15) is 0 Å². The molecule has 0 fully saturated rings. The van der Waals surface area contributed by atoms with Crippen LogP contribution in [0.1, 0.15) is 34.0 Å². The van der Waals surface area contributed by atoms with E-state index >= 15 is 0 Å². The van der Waals surface area contributed by atoms with Gasteiger partial charge in [0, 0.05) is 17.8 Å². The van der Waals surface area contributed by atoms with Gasteiger partial charge in [-0.05, 0) is 25.4 Å². The lowest BCUT2D eigenvalue weighted by Crippen LogP contribution is -2.24. The zero-order valence-electron chi connectivity index (χ0n) is 13.7. The zero-order chi connectivity index (χ0) is 16.9. The van der Waals surface area contributed by atoms with Crippen LogP contribution >= 0.6 is 35.1 Å². The molecular formula is C15H18ClN5O2S2. The fourth-order valence-corrected chi connectivity index (χ4v) is 3.31. The van der Waals surface area contributed by atoms with E-state index in [1.165, 1.54) is 22.7 Å². The first-order chi connectivity index (χ1) is 11.6. The number of anilines is 1. The van der Waals surface area contributed by atoms with Crippen molar-refractivity contribution in [1.82, 2.24) is 20.4 Å². The highest BCUT2D eigenvalue weighted by molar-refractivity contribution is 7.14. The second-order valence-electron chi connectivity index (χ2n) is 5.25. The number of aromatic nitrogens is 3. The van der Waals surface area contributed by atoms with E-state index in [0.717, 1.165) is 5.69 Å². The largest absolute Gasteiger partial charge is 0.339 e. The normalized spacial score (nSPS) is 11.8. The van der Waals surface area contributed by atoms with E-state index in [2.05, 4.69) is 32.7 Å². The first-order valence-corrected chi connectivity index (χ1v) is 9.18. The number of nitrogens with one attached hydrogen (secondary N) is 2. The molecule has 3 heterocycles. The van der Waals surface area contributed by atoms with E-state index in [-0.39, 0.29) is 24.4 Å². The number of halogens is 1. The van der Waals surface area contributed by atoms with Crippen LogP contribution in [0.3, 0.4) is 0 Å². The number of hydrogen-bond acceptors (Lipinski definition) is 8. The van der Waals surface area contributed by atoms with Crippen molar-refractivity contribution in [1.29, 1.82) is 0 Å². The van der Waals surface area contributed by atoms with Crippen LogP contribution in [0.5, 0.6) is 0 Å². The molecule has 0 bridgehead atoms. The van der Waals surface area contributed by atoms with Gasteiger partial charge < -0.3 is 9.84 Å². The van der Waals surface area contributed by atoms with E-state index in [4.69, 9.17) is 4.52 Å². The number of thiophene rings is 1. The molecule has 25 heavy (non-hydrogen) atoms. The molecule has 0 saturated carbocycles. The first kappa shape index (κ1) is 19.5. The molecule has 10 heteroatoms. The lowest BCUT2D eigenvalue weighted by atomic mass is 10.2. The van der Waals surface area contributed by atoms with Crippen molar-refractivity contribution >= 4 is 46.1 Å². The van der Waals surface area contributed by atoms with E-state index in [0.29, 0.717) is 34.6 Å². The topological polar surface area (TPSA) is 92.9 Å². The van der Waals surface area contributed by atoms with Crippen LogP contribution in [-0.4, -0.2) is 34.1 Å². The maximum atomic E-state index is 12.0. The maximum Gasteiger partial charge on any atom is 0.267 e. The average molecular weight is 400 g/mol. The molecule has 0 aliphatic carbocycles. The molecule has 0 spiro atoms. The number of rotatable bonds is 7. The van der Waals surface area contributed by atoms with Gasteiger partial charge in [-0.1, -0.05) is 11.2 Å². The lowest BCUT2D eigenvalue weighted by molar-refractivity contribution is 0.103. The van der Waals surface area contributed by atoms with Gasteiger partial charge in [0.2, 0.25) is 5.89 Å². The number of amides is 1. The Bertz CT molecular complexity index is 803. The number of likely N-dealkylation sites (N-methyl/N-ethyl adjacent to an activating group) is 1. The predicted octanol–water partition coefficient (Wildman–Crippen LogP) is 3.00. The third kappa shape index (κ3) is 5.33. The molecular weight excluding hydrogens is 382 g/mol. The van der Waals surface area contributed by atoms with Crippen molar-refractivity contribution in [2.24, 2.45) is 0 Å². The third-order valence-corrected chi connectivity index (χ3v) is 5.02. The van der Waals surface area contributed by atoms with Crippen molar-refractivity contribution in [3.63, 3.8) is 0 Å².